The van der Waals surface area contributed by atoms with Crippen molar-refractivity contribution in [2.24, 2.45) is 4.99 Å². The molecular weight excluding hydrogens is 168 g/mol. The van der Waals surface area contributed by atoms with Crippen LogP contribution in [0.4, 0.5) is 5.88 Å². The van der Waals surface area contributed by atoms with Crippen molar-refractivity contribution in [1.82, 2.24) is 4.98 Å². The van der Waals surface area contributed by atoms with Crippen LogP contribution in [0, 0.1) is 6.92 Å². The molecule has 0 aliphatic carbocycles. The zero-order chi connectivity index (χ0) is 9.26. The molecular formula is C9H6N2O2. The number of rotatable bonds is 1. The fraction of sp³-hybridized carbons (Fsp3) is 0.111. The lowest BCUT2D eigenvalue weighted by Crippen LogP contribution is -1.77. The molecule has 0 radical (unpaired) electrons. The lowest BCUT2D eigenvalue weighted by atomic mass is 10.3. The van der Waals surface area contributed by atoms with Crippen LogP contribution in [0.5, 0.6) is 0 Å². The SMILES string of the molecule is Cc1ccc2cc(N=C=O)oc2n1. The molecule has 0 saturated carbocycles. The third-order valence-electron chi connectivity index (χ3n) is 1.67. The second-order valence-corrected chi connectivity index (χ2v) is 2.63. The van der Waals surface area contributed by atoms with Gasteiger partial charge in [-0.1, -0.05) is 0 Å². The van der Waals surface area contributed by atoms with Crippen LogP contribution >= 0.6 is 0 Å². The van der Waals surface area contributed by atoms with Gasteiger partial charge in [0, 0.05) is 17.1 Å². The summed E-state index contributed by atoms with van der Waals surface area (Å²) in [5.74, 6) is 0.239. The van der Waals surface area contributed by atoms with Crippen molar-refractivity contribution in [2.75, 3.05) is 0 Å². The fourth-order valence-corrected chi connectivity index (χ4v) is 1.10. The van der Waals surface area contributed by atoms with E-state index in [0.717, 1.165) is 11.1 Å². The van der Waals surface area contributed by atoms with Gasteiger partial charge in [-0.15, -0.1) is 4.99 Å². The van der Waals surface area contributed by atoms with Crippen molar-refractivity contribution in [2.45, 2.75) is 6.92 Å². The van der Waals surface area contributed by atoms with E-state index < -0.39 is 0 Å². The number of aryl methyl sites for hydroxylation is 1. The topological polar surface area (TPSA) is 55.5 Å². The summed E-state index contributed by atoms with van der Waals surface area (Å²) in [6, 6.07) is 5.38. The van der Waals surface area contributed by atoms with Crippen LogP contribution in [-0.4, -0.2) is 11.1 Å². The van der Waals surface area contributed by atoms with Gasteiger partial charge >= 0.3 is 0 Å². The summed E-state index contributed by atoms with van der Waals surface area (Å²) in [5.41, 5.74) is 1.36. The molecule has 0 atom stereocenters. The van der Waals surface area contributed by atoms with Gasteiger partial charge in [-0.3, -0.25) is 0 Å². The quantitative estimate of drug-likeness (QED) is 0.491. The van der Waals surface area contributed by atoms with Crippen molar-refractivity contribution in [3.05, 3.63) is 23.9 Å². The van der Waals surface area contributed by atoms with Gasteiger partial charge in [0.15, 0.2) is 0 Å². The molecule has 0 N–H and O–H groups in total. The maximum absolute atomic E-state index is 9.95. The summed E-state index contributed by atoms with van der Waals surface area (Å²) >= 11 is 0. The Balaban J connectivity index is 2.68. The Hall–Kier alpha value is -1.93. The number of isocyanates is 1. The van der Waals surface area contributed by atoms with Crippen LogP contribution in [0.2, 0.25) is 0 Å². The van der Waals surface area contributed by atoms with Gasteiger partial charge in [-0.05, 0) is 19.1 Å². The highest BCUT2D eigenvalue weighted by Gasteiger charge is 2.02. The van der Waals surface area contributed by atoms with E-state index in [9.17, 15) is 4.79 Å². The molecule has 0 aromatic carbocycles. The maximum Gasteiger partial charge on any atom is 0.243 e. The van der Waals surface area contributed by atoms with E-state index >= 15 is 0 Å². The Morgan fingerprint density at radius 3 is 3.15 bits per heavy atom. The molecule has 4 nitrogen and oxygen atoms in total. The molecule has 2 aromatic rings. The molecule has 2 rings (SSSR count). The Morgan fingerprint density at radius 2 is 2.38 bits per heavy atom. The van der Waals surface area contributed by atoms with E-state index in [1.54, 1.807) is 6.07 Å². The van der Waals surface area contributed by atoms with Gasteiger partial charge in [-0.2, -0.15) is 0 Å². The number of hydrogen-bond acceptors (Lipinski definition) is 4. The Morgan fingerprint density at radius 1 is 1.54 bits per heavy atom. The van der Waals surface area contributed by atoms with Gasteiger partial charge in [-0.25, -0.2) is 9.78 Å². The zero-order valence-electron chi connectivity index (χ0n) is 6.94. The molecule has 64 valence electrons. The first kappa shape index (κ1) is 7.71. The molecule has 0 spiro atoms. The fourth-order valence-electron chi connectivity index (χ4n) is 1.10. The summed E-state index contributed by atoms with van der Waals surface area (Å²) in [4.78, 5) is 17.4. The molecule has 2 aromatic heterocycles. The van der Waals surface area contributed by atoms with Crippen LogP contribution in [0.15, 0.2) is 27.6 Å². The Kier molecular flexibility index (Phi) is 1.69. The van der Waals surface area contributed by atoms with Crippen LogP contribution in [0.25, 0.3) is 11.1 Å². The minimum atomic E-state index is 0.239. The number of carbonyl (C=O) groups excluding carboxylic acids is 1. The lowest BCUT2D eigenvalue weighted by Gasteiger charge is -1.88. The molecule has 13 heavy (non-hydrogen) atoms. The number of aromatic nitrogens is 1. The third-order valence-corrected chi connectivity index (χ3v) is 1.67. The number of nitrogens with zero attached hydrogens (tertiary/aromatic N) is 2. The highest BCUT2D eigenvalue weighted by Crippen LogP contribution is 2.23. The van der Waals surface area contributed by atoms with Gasteiger partial charge in [0.1, 0.15) is 0 Å². The summed E-state index contributed by atoms with van der Waals surface area (Å²) < 4.78 is 5.15. The smallest absolute Gasteiger partial charge is 0.243 e. The second kappa shape index (κ2) is 2.84. The minimum Gasteiger partial charge on any atom is -0.419 e. The molecule has 4 heteroatoms. The summed E-state index contributed by atoms with van der Waals surface area (Å²) in [7, 11) is 0. The van der Waals surface area contributed by atoms with Crippen LogP contribution in [0.1, 0.15) is 5.69 Å². The van der Waals surface area contributed by atoms with Crippen LogP contribution < -0.4 is 0 Å². The van der Waals surface area contributed by atoms with Crippen molar-refractivity contribution in [3.63, 3.8) is 0 Å². The van der Waals surface area contributed by atoms with Crippen molar-refractivity contribution in [1.29, 1.82) is 0 Å². The number of pyridine rings is 1. The highest BCUT2D eigenvalue weighted by atomic mass is 16.4. The van der Waals surface area contributed by atoms with E-state index in [-0.39, 0.29) is 5.88 Å². The molecule has 2 heterocycles. The monoisotopic (exact) mass is 174 g/mol. The number of fused-ring (bicyclic) bond motifs is 1. The highest BCUT2D eigenvalue weighted by molar-refractivity contribution is 5.77. The summed E-state index contributed by atoms with van der Waals surface area (Å²) in [5, 5.41) is 0.833. The lowest BCUT2D eigenvalue weighted by molar-refractivity contribution is 0.560. The van der Waals surface area contributed by atoms with E-state index in [1.165, 1.54) is 6.08 Å². The molecule has 0 aliphatic heterocycles. The van der Waals surface area contributed by atoms with Crippen molar-refractivity contribution < 1.29 is 9.21 Å². The molecule has 0 saturated heterocycles. The van der Waals surface area contributed by atoms with E-state index in [0.29, 0.717) is 5.71 Å². The minimum absolute atomic E-state index is 0.239. The van der Waals surface area contributed by atoms with Crippen molar-refractivity contribution in [3.8, 4) is 0 Å². The summed E-state index contributed by atoms with van der Waals surface area (Å²) in [6.07, 6.45) is 1.41. The zero-order valence-corrected chi connectivity index (χ0v) is 6.94. The molecule has 0 unspecified atom stereocenters. The number of hydrogen-bond donors (Lipinski definition) is 0. The molecule has 0 amide bonds. The van der Waals surface area contributed by atoms with E-state index in [1.807, 2.05) is 19.1 Å². The third kappa shape index (κ3) is 1.35. The molecule has 0 aliphatic rings. The largest absolute Gasteiger partial charge is 0.419 e. The van der Waals surface area contributed by atoms with Crippen LogP contribution in [0.3, 0.4) is 0 Å². The van der Waals surface area contributed by atoms with Crippen LogP contribution in [-0.2, 0) is 4.79 Å². The predicted molar refractivity (Wildman–Crippen MR) is 46.5 cm³/mol. The van der Waals surface area contributed by atoms with E-state index in [2.05, 4.69) is 9.98 Å². The number of furan rings is 1. The maximum atomic E-state index is 9.95. The summed E-state index contributed by atoms with van der Waals surface area (Å²) in [6.45, 7) is 1.87. The predicted octanol–water partition coefficient (Wildman–Crippen LogP) is 2.10. The average Bonchev–Trinajstić information content (AvgIpc) is 2.46. The first-order valence-corrected chi connectivity index (χ1v) is 3.74. The van der Waals surface area contributed by atoms with Gasteiger partial charge in [0.2, 0.25) is 17.7 Å². The average molecular weight is 174 g/mol. The van der Waals surface area contributed by atoms with Gasteiger partial charge in [0.25, 0.3) is 0 Å². The Labute approximate surface area is 73.9 Å². The van der Waals surface area contributed by atoms with Crippen molar-refractivity contribution >= 4 is 23.1 Å². The normalized spacial score (nSPS) is 9.92. The first-order valence-electron chi connectivity index (χ1n) is 3.74. The van der Waals surface area contributed by atoms with Gasteiger partial charge in [0.05, 0.1) is 0 Å². The first-order chi connectivity index (χ1) is 6.29. The molecule has 0 fully saturated rings. The van der Waals surface area contributed by atoms with Gasteiger partial charge < -0.3 is 4.42 Å². The molecule has 0 bridgehead atoms. The standard InChI is InChI=1S/C9H6N2O2/c1-6-2-3-7-4-8(10-5-12)13-9(7)11-6/h2-4H,1H3. The second-order valence-electron chi connectivity index (χ2n) is 2.63. The Bertz CT molecular complexity index is 495. The van der Waals surface area contributed by atoms with E-state index in [4.69, 9.17) is 4.42 Å². The number of aliphatic imine (C=N–C) groups is 1.